The molecule has 1 aromatic heterocycles. The molecule has 0 saturated carbocycles. The summed E-state index contributed by atoms with van der Waals surface area (Å²) in [5, 5.41) is 4.66. The Morgan fingerprint density at radius 1 is 1.46 bits per heavy atom. The van der Waals surface area contributed by atoms with Crippen LogP contribution in [0.4, 0.5) is 0 Å². The van der Waals surface area contributed by atoms with Crippen molar-refractivity contribution < 1.29 is 0 Å². The lowest BCUT2D eigenvalue weighted by atomic mass is 10.3. The smallest absolute Gasteiger partial charge is 0.151 e. The highest BCUT2D eigenvalue weighted by Crippen LogP contribution is 2.10. The largest absolute Gasteiger partial charge is 0.298 e. The molecule has 0 bridgehead atoms. The van der Waals surface area contributed by atoms with Crippen molar-refractivity contribution >= 4 is 11.6 Å². The topological polar surface area (TPSA) is 21.1 Å². The molecule has 1 aromatic rings. The van der Waals surface area contributed by atoms with Crippen LogP contribution in [0.15, 0.2) is 6.07 Å². The summed E-state index contributed by atoms with van der Waals surface area (Å²) in [4.78, 5) is 2.33. The minimum Gasteiger partial charge on any atom is -0.298 e. The minimum absolute atomic E-state index is 0.574. The van der Waals surface area contributed by atoms with Crippen LogP contribution in [0.1, 0.15) is 19.5 Å². The molecule has 0 radical (unpaired) electrons. The Bertz CT molecular complexity index is 266. The molecule has 3 nitrogen and oxygen atoms in total. The van der Waals surface area contributed by atoms with E-state index >= 15 is 0 Å². The summed E-state index contributed by atoms with van der Waals surface area (Å²) in [6.45, 7) is 7.34. The van der Waals surface area contributed by atoms with Gasteiger partial charge >= 0.3 is 0 Å². The Morgan fingerprint density at radius 3 is 2.46 bits per heavy atom. The van der Waals surface area contributed by atoms with Crippen molar-refractivity contribution in [3.8, 4) is 0 Å². The Balaban J connectivity index is 2.67. The normalized spacial score (nSPS) is 11.2. The van der Waals surface area contributed by atoms with Crippen LogP contribution in [0.3, 0.4) is 0 Å². The first-order valence-electron chi connectivity index (χ1n) is 4.58. The Hall–Kier alpha value is -0.540. The lowest BCUT2D eigenvalue weighted by Gasteiger charge is -2.17. The second-order valence-electron chi connectivity index (χ2n) is 3.04. The first-order valence-corrected chi connectivity index (χ1v) is 4.96. The maximum Gasteiger partial charge on any atom is 0.151 e. The Morgan fingerprint density at radius 2 is 2.08 bits per heavy atom. The van der Waals surface area contributed by atoms with E-state index in [4.69, 9.17) is 11.6 Å². The number of aryl methyl sites for hydroxylation is 1. The average molecular weight is 202 g/mol. The van der Waals surface area contributed by atoms with Crippen LogP contribution in [0.25, 0.3) is 0 Å². The van der Waals surface area contributed by atoms with Gasteiger partial charge in [0.2, 0.25) is 0 Å². The minimum atomic E-state index is 0.574. The fourth-order valence-corrected chi connectivity index (χ4v) is 1.53. The first-order chi connectivity index (χ1) is 6.17. The fraction of sp³-hybridized carbons (Fsp3) is 0.667. The number of hydrogen-bond acceptors (Lipinski definition) is 2. The molecule has 0 aliphatic heterocycles. The highest BCUT2D eigenvalue weighted by molar-refractivity contribution is 6.29. The van der Waals surface area contributed by atoms with Crippen molar-refractivity contribution in [1.82, 2.24) is 14.7 Å². The monoisotopic (exact) mass is 201 g/mol. The molecule has 4 heteroatoms. The third-order valence-corrected chi connectivity index (χ3v) is 2.41. The van der Waals surface area contributed by atoms with E-state index in [9.17, 15) is 0 Å². The fourth-order valence-electron chi connectivity index (χ4n) is 1.29. The molecule has 13 heavy (non-hydrogen) atoms. The maximum absolute atomic E-state index is 5.79. The average Bonchev–Trinajstić information content (AvgIpc) is 2.41. The van der Waals surface area contributed by atoms with Gasteiger partial charge in [-0.25, -0.2) is 0 Å². The van der Waals surface area contributed by atoms with Crippen molar-refractivity contribution in [1.29, 1.82) is 0 Å². The van der Waals surface area contributed by atoms with Crippen LogP contribution in [0.5, 0.6) is 0 Å². The van der Waals surface area contributed by atoms with Crippen molar-refractivity contribution in [2.45, 2.75) is 20.4 Å². The van der Waals surface area contributed by atoms with Gasteiger partial charge in [-0.3, -0.25) is 9.58 Å². The molecule has 0 spiro atoms. The van der Waals surface area contributed by atoms with Gasteiger partial charge in [0.25, 0.3) is 0 Å². The van der Waals surface area contributed by atoms with Crippen LogP contribution >= 0.6 is 11.6 Å². The van der Waals surface area contributed by atoms with Gasteiger partial charge in [0.1, 0.15) is 0 Å². The predicted octanol–water partition coefficient (Wildman–Crippen LogP) is 1.92. The molecule has 1 rings (SSSR count). The van der Waals surface area contributed by atoms with E-state index in [1.54, 1.807) is 0 Å². The Kier molecular flexibility index (Phi) is 3.75. The molecular formula is C9H16ClN3. The van der Waals surface area contributed by atoms with E-state index in [-0.39, 0.29) is 0 Å². The lowest BCUT2D eigenvalue weighted by Crippen LogP contribution is -2.23. The summed E-state index contributed by atoms with van der Waals surface area (Å²) in [7, 11) is 1.92. The van der Waals surface area contributed by atoms with E-state index in [1.165, 1.54) is 0 Å². The predicted molar refractivity (Wildman–Crippen MR) is 54.8 cm³/mol. The molecular weight excluding hydrogens is 186 g/mol. The Labute approximate surface area is 84.3 Å². The number of halogens is 1. The van der Waals surface area contributed by atoms with Gasteiger partial charge in [0.15, 0.2) is 5.15 Å². The summed E-state index contributed by atoms with van der Waals surface area (Å²) in [6.07, 6.45) is 0. The summed E-state index contributed by atoms with van der Waals surface area (Å²) in [5.74, 6) is 0. The van der Waals surface area contributed by atoms with Crippen LogP contribution in [-0.4, -0.2) is 27.8 Å². The SMILES string of the molecule is CCN(CC)Cc1cc(Cl)nn1C. The highest BCUT2D eigenvalue weighted by Gasteiger charge is 2.06. The van der Waals surface area contributed by atoms with Crippen molar-refractivity contribution in [3.05, 3.63) is 16.9 Å². The van der Waals surface area contributed by atoms with E-state index in [1.807, 2.05) is 17.8 Å². The number of rotatable bonds is 4. The quantitative estimate of drug-likeness (QED) is 0.742. The van der Waals surface area contributed by atoms with E-state index in [0.717, 1.165) is 25.3 Å². The first kappa shape index (κ1) is 10.5. The number of hydrogen-bond donors (Lipinski definition) is 0. The molecule has 0 saturated heterocycles. The zero-order valence-corrected chi connectivity index (χ0v) is 9.17. The molecule has 0 fully saturated rings. The van der Waals surface area contributed by atoms with Crippen molar-refractivity contribution in [3.63, 3.8) is 0 Å². The number of nitrogens with zero attached hydrogens (tertiary/aromatic N) is 3. The summed E-state index contributed by atoms with van der Waals surface area (Å²) >= 11 is 5.79. The third-order valence-electron chi connectivity index (χ3n) is 2.23. The second-order valence-corrected chi connectivity index (χ2v) is 3.43. The van der Waals surface area contributed by atoms with Gasteiger partial charge in [0.05, 0.1) is 5.69 Å². The summed E-state index contributed by atoms with van der Waals surface area (Å²) in [5.41, 5.74) is 1.16. The van der Waals surface area contributed by atoms with Crippen LogP contribution in [0.2, 0.25) is 5.15 Å². The second kappa shape index (κ2) is 4.63. The van der Waals surface area contributed by atoms with Crippen LogP contribution < -0.4 is 0 Å². The van der Waals surface area contributed by atoms with E-state index in [0.29, 0.717) is 5.15 Å². The molecule has 0 aromatic carbocycles. The van der Waals surface area contributed by atoms with Gasteiger partial charge in [-0.1, -0.05) is 25.4 Å². The van der Waals surface area contributed by atoms with Crippen molar-refractivity contribution in [2.24, 2.45) is 7.05 Å². The molecule has 0 unspecified atom stereocenters. The molecule has 74 valence electrons. The zero-order chi connectivity index (χ0) is 9.84. The maximum atomic E-state index is 5.79. The van der Waals surface area contributed by atoms with Gasteiger partial charge in [-0.2, -0.15) is 5.10 Å². The highest BCUT2D eigenvalue weighted by atomic mass is 35.5. The molecule has 0 N–H and O–H groups in total. The molecule has 0 aliphatic carbocycles. The van der Waals surface area contributed by atoms with Crippen molar-refractivity contribution in [2.75, 3.05) is 13.1 Å². The zero-order valence-electron chi connectivity index (χ0n) is 8.42. The summed E-state index contributed by atoms with van der Waals surface area (Å²) < 4.78 is 1.83. The summed E-state index contributed by atoms with van der Waals surface area (Å²) in [6, 6.07) is 1.92. The standard InChI is InChI=1S/C9H16ClN3/c1-4-13(5-2)7-8-6-9(10)11-12(8)3/h6H,4-5,7H2,1-3H3. The van der Waals surface area contributed by atoms with Crippen LogP contribution in [-0.2, 0) is 13.6 Å². The van der Waals surface area contributed by atoms with E-state index in [2.05, 4.69) is 23.8 Å². The van der Waals surface area contributed by atoms with Crippen LogP contribution in [0, 0.1) is 0 Å². The number of aromatic nitrogens is 2. The van der Waals surface area contributed by atoms with Gasteiger partial charge in [-0.05, 0) is 19.2 Å². The van der Waals surface area contributed by atoms with Gasteiger partial charge in [0, 0.05) is 13.6 Å². The molecule has 1 heterocycles. The molecule has 0 atom stereocenters. The van der Waals surface area contributed by atoms with E-state index < -0.39 is 0 Å². The third kappa shape index (κ3) is 2.71. The molecule has 0 amide bonds. The molecule has 0 aliphatic rings. The van der Waals surface area contributed by atoms with Gasteiger partial charge in [-0.15, -0.1) is 0 Å². The van der Waals surface area contributed by atoms with Gasteiger partial charge < -0.3 is 0 Å². The lowest BCUT2D eigenvalue weighted by molar-refractivity contribution is 0.287.